The summed E-state index contributed by atoms with van der Waals surface area (Å²) >= 11 is 0. The van der Waals surface area contributed by atoms with E-state index in [1.165, 1.54) is 23.7 Å². The molecule has 0 amide bonds. The van der Waals surface area contributed by atoms with Crippen LogP contribution in [0.1, 0.15) is 38.2 Å². The summed E-state index contributed by atoms with van der Waals surface area (Å²) in [6.45, 7) is 4.51. The monoisotopic (exact) mass is 180 g/mol. The van der Waals surface area contributed by atoms with Gasteiger partial charge in [0.05, 0.1) is 0 Å². The van der Waals surface area contributed by atoms with E-state index in [4.69, 9.17) is 0 Å². The molecule has 0 nitrogen and oxygen atoms in total. The van der Waals surface area contributed by atoms with E-state index < -0.39 is 0 Å². The average Bonchev–Trinajstić information content (AvgIpc) is 2.10. The van der Waals surface area contributed by atoms with Crippen LogP contribution in [0.5, 0.6) is 0 Å². The van der Waals surface area contributed by atoms with E-state index in [9.17, 15) is 0 Å². The van der Waals surface area contributed by atoms with Crippen LogP contribution in [-0.2, 0) is 0 Å². The van der Waals surface area contributed by atoms with Gasteiger partial charge in [0.2, 0.25) is 0 Å². The quantitative estimate of drug-likeness (QED) is 0.627. The first kappa shape index (κ1) is 9.74. The second kappa shape index (κ2) is 4.62. The summed E-state index contributed by atoms with van der Waals surface area (Å²) in [4.78, 5) is 0. The highest BCUT2D eigenvalue weighted by atomic mass is 31.0. The van der Waals surface area contributed by atoms with E-state index in [1.54, 1.807) is 0 Å². The first-order chi connectivity index (χ1) is 5.77. The molecule has 0 radical (unpaired) electrons. The van der Waals surface area contributed by atoms with E-state index >= 15 is 0 Å². The minimum absolute atomic E-state index is 0.746. The summed E-state index contributed by atoms with van der Waals surface area (Å²) in [7, 11) is 2.71. The van der Waals surface area contributed by atoms with Gasteiger partial charge in [-0.3, -0.25) is 0 Å². The van der Waals surface area contributed by atoms with Gasteiger partial charge < -0.3 is 0 Å². The Morgan fingerprint density at radius 3 is 2.00 bits per heavy atom. The molecule has 0 aliphatic heterocycles. The molecule has 0 fully saturated rings. The summed E-state index contributed by atoms with van der Waals surface area (Å²) in [5.41, 5.74) is 1.48. The molecule has 0 N–H and O–H groups in total. The van der Waals surface area contributed by atoms with Crippen molar-refractivity contribution in [2.24, 2.45) is 0 Å². The van der Waals surface area contributed by atoms with Crippen molar-refractivity contribution in [1.29, 1.82) is 0 Å². The third-order valence-electron chi connectivity index (χ3n) is 2.39. The van der Waals surface area contributed by atoms with E-state index in [2.05, 4.69) is 47.4 Å². The molecular weight excluding hydrogens is 163 g/mol. The maximum absolute atomic E-state index is 2.71. The van der Waals surface area contributed by atoms with E-state index in [1.807, 2.05) is 0 Å². The van der Waals surface area contributed by atoms with Crippen LogP contribution >= 0.6 is 9.24 Å². The lowest BCUT2D eigenvalue weighted by molar-refractivity contribution is 0.642. The Labute approximate surface area is 77.6 Å². The van der Waals surface area contributed by atoms with Crippen molar-refractivity contribution in [2.75, 3.05) is 0 Å². The second-order valence-corrected chi connectivity index (χ2v) is 3.85. The van der Waals surface area contributed by atoms with Crippen molar-refractivity contribution >= 4 is 14.5 Å². The lowest BCUT2D eigenvalue weighted by Gasteiger charge is -2.12. The topological polar surface area (TPSA) is 0 Å². The minimum atomic E-state index is 0.746. The number of hydrogen-bond donors (Lipinski definition) is 0. The summed E-state index contributed by atoms with van der Waals surface area (Å²) in [5, 5.41) is 1.27. The zero-order chi connectivity index (χ0) is 8.97. The van der Waals surface area contributed by atoms with Gasteiger partial charge in [-0.2, -0.15) is 0 Å². The minimum Gasteiger partial charge on any atom is -0.106 e. The Hall–Kier alpha value is -0.350. The van der Waals surface area contributed by atoms with E-state index in [-0.39, 0.29) is 0 Å². The van der Waals surface area contributed by atoms with Crippen LogP contribution in [0.4, 0.5) is 0 Å². The van der Waals surface area contributed by atoms with E-state index in [0.29, 0.717) is 0 Å². The Morgan fingerprint density at radius 1 is 1.08 bits per heavy atom. The van der Waals surface area contributed by atoms with Crippen LogP contribution < -0.4 is 5.30 Å². The standard InChI is InChI=1S/C11H17P/c1-3-9(4-2)10-5-7-11(12)8-6-10/h5-9H,3-4,12H2,1-2H3. The molecule has 1 aromatic carbocycles. The summed E-state index contributed by atoms with van der Waals surface area (Å²) in [6, 6.07) is 8.80. The molecule has 0 saturated heterocycles. The molecule has 0 aliphatic carbocycles. The van der Waals surface area contributed by atoms with Gasteiger partial charge in [0.25, 0.3) is 0 Å². The van der Waals surface area contributed by atoms with Gasteiger partial charge in [0, 0.05) is 0 Å². The zero-order valence-electron chi connectivity index (χ0n) is 7.88. The molecule has 1 unspecified atom stereocenters. The summed E-state index contributed by atoms with van der Waals surface area (Å²) in [5.74, 6) is 0.746. The third-order valence-corrected chi connectivity index (χ3v) is 2.78. The van der Waals surface area contributed by atoms with Gasteiger partial charge in [0.15, 0.2) is 0 Å². The van der Waals surface area contributed by atoms with Crippen LogP contribution in [0.3, 0.4) is 0 Å². The van der Waals surface area contributed by atoms with Gasteiger partial charge in [0.1, 0.15) is 0 Å². The molecular formula is C11H17P. The molecule has 0 aromatic heterocycles. The molecule has 1 aromatic rings. The van der Waals surface area contributed by atoms with Crippen molar-refractivity contribution in [1.82, 2.24) is 0 Å². The van der Waals surface area contributed by atoms with Gasteiger partial charge in [-0.25, -0.2) is 0 Å². The Balaban J connectivity index is 2.80. The van der Waals surface area contributed by atoms with Crippen LogP contribution in [0.15, 0.2) is 24.3 Å². The van der Waals surface area contributed by atoms with Gasteiger partial charge in [-0.1, -0.05) is 38.1 Å². The number of benzene rings is 1. The number of rotatable bonds is 3. The van der Waals surface area contributed by atoms with Gasteiger partial charge >= 0.3 is 0 Å². The predicted octanol–water partition coefficient (Wildman–Crippen LogP) is 3.09. The van der Waals surface area contributed by atoms with Crippen molar-refractivity contribution in [3.05, 3.63) is 29.8 Å². The Bertz CT molecular complexity index is 221. The average molecular weight is 180 g/mol. The molecule has 0 saturated carbocycles. The Morgan fingerprint density at radius 2 is 1.58 bits per heavy atom. The summed E-state index contributed by atoms with van der Waals surface area (Å²) in [6.07, 6.45) is 2.49. The number of hydrogen-bond acceptors (Lipinski definition) is 0. The van der Waals surface area contributed by atoms with Crippen molar-refractivity contribution in [3.8, 4) is 0 Å². The van der Waals surface area contributed by atoms with Crippen LogP contribution in [-0.4, -0.2) is 0 Å². The SMILES string of the molecule is CCC(CC)c1ccc(P)cc1. The maximum atomic E-state index is 2.71. The van der Waals surface area contributed by atoms with Crippen molar-refractivity contribution in [3.63, 3.8) is 0 Å². The van der Waals surface area contributed by atoms with Gasteiger partial charge in [-0.05, 0) is 29.6 Å². The smallest absolute Gasteiger partial charge is 0.0167 e. The van der Waals surface area contributed by atoms with E-state index in [0.717, 1.165) is 5.92 Å². The highest BCUT2D eigenvalue weighted by Crippen LogP contribution is 2.21. The highest BCUT2D eigenvalue weighted by molar-refractivity contribution is 7.27. The first-order valence-corrected chi connectivity index (χ1v) is 5.21. The molecule has 1 rings (SSSR count). The van der Waals surface area contributed by atoms with Crippen molar-refractivity contribution < 1.29 is 0 Å². The fourth-order valence-corrected chi connectivity index (χ4v) is 1.72. The fraction of sp³-hybridized carbons (Fsp3) is 0.455. The molecule has 1 atom stereocenters. The maximum Gasteiger partial charge on any atom is -0.0167 e. The third kappa shape index (κ3) is 2.32. The normalized spacial score (nSPS) is 10.7. The van der Waals surface area contributed by atoms with Gasteiger partial charge in [-0.15, -0.1) is 9.24 Å². The lowest BCUT2D eigenvalue weighted by atomic mass is 9.94. The highest BCUT2D eigenvalue weighted by Gasteiger charge is 2.04. The molecule has 12 heavy (non-hydrogen) atoms. The lowest BCUT2D eigenvalue weighted by Crippen LogP contribution is -1.97. The molecule has 66 valence electrons. The molecule has 0 spiro atoms. The first-order valence-electron chi connectivity index (χ1n) is 4.63. The predicted molar refractivity (Wildman–Crippen MR) is 59.1 cm³/mol. The Kier molecular flexibility index (Phi) is 3.75. The van der Waals surface area contributed by atoms with Crippen LogP contribution in [0, 0.1) is 0 Å². The van der Waals surface area contributed by atoms with Crippen molar-refractivity contribution in [2.45, 2.75) is 32.6 Å². The second-order valence-electron chi connectivity index (χ2n) is 3.18. The zero-order valence-corrected chi connectivity index (χ0v) is 9.03. The van der Waals surface area contributed by atoms with Crippen LogP contribution in [0.25, 0.3) is 0 Å². The summed E-state index contributed by atoms with van der Waals surface area (Å²) < 4.78 is 0. The molecule has 1 heteroatoms. The molecule has 0 aliphatic rings. The molecule has 0 heterocycles. The van der Waals surface area contributed by atoms with Crippen LogP contribution in [0.2, 0.25) is 0 Å². The largest absolute Gasteiger partial charge is 0.106 e. The molecule has 0 bridgehead atoms. The fourth-order valence-electron chi connectivity index (χ4n) is 1.53.